The minimum Gasteiger partial charge on any atom is -0.383 e. The highest BCUT2D eigenvalue weighted by atomic mass is 19.1. The molecule has 0 saturated carbocycles. The number of unbranched alkanes of at least 4 members (excludes halogenated alkanes) is 5. The summed E-state index contributed by atoms with van der Waals surface area (Å²) in [6, 6.07) is 1.81. The Kier molecular flexibility index (Phi) is 6.98. The number of anilines is 1. The SMILES string of the molecule is CCCCCCCCNc1cc(C(N)=O)c(F)cc1F. The molecule has 3 N–H and O–H groups in total. The monoisotopic (exact) mass is 284 g/mol. The highest BCUT2D eigenvalue weighted by Gasteiger charge is 2.13. The maximum Gasteiger partial charge on any atom is 0.251 e. The molecule has 0 aliphatic heterocycles. The van der Waals surface area contributed by atoms with Crippen LogP contribution in [0, 0.1) is 11.6 Å². The van der Waals surface area contributed by atoms with Crippen molar-refractivity contribution in [2.45, 2.75) is 45.4 Å². The zero-order valence-corrected chi connectivity index (χ0v) is 11.8. The second kappa shape index (κ2) is 8.51. The van der Waals surface area contributed by atoms with E-state index < -0.39 is 17.5 Å². The van der Waals surface area contributed by atoms with Crippen LogP contribution in [-0.4, -0.2) is 12.5 Å². The normalized spacial score (nSPS) is 10.6. The van der Waals surface area contributed by atoms with Crippen molar-refractivity contribution in [2.75, 3.05) is 11.9 Å². The van der Waals surface area contributed by atoms with Crippen LogP contribution in [0.15, 0.2) is 12.1 Å². The second-order valence-corrected chi connectivity index (χ2v) is 4.87. The molecule has 0 aromatic heterocycles. The summed E-state index contributed by atoms with van der Waals surface area (Å²) in [5.74, 6) is -2.54. The van der Waals surface area contributed by atoms with Gasteiger partial charge in [0.1, 0.15) is 11.6 Å². The number of hydrogen-bond acceptors (Lipinski definition) is 2. The van der Waals surface area contributed by atoms with Crippen LogP contribution >= 0.6 is 0 Å². The number of benzene rings is 1. The molecule has 0 atom stereocenters. The summed E-state index contributed by atoms with van der Waals surface area (Å²) >= 11 is 0. The lowest BCUT2D eigenvalue weighted by atomic mass is 10.1. The molecular weight excluding hydrogens is 262 g/mol. The quantitative estimate of drug-likeness (QED) is 0.677. The molecule has 1 aromatic carbocycles. The zero-order chi connectivity index (χ0) is 15.0. The van der Waals surface area contributed by atoms with E-state index in [1.165, 1.54) is 19.3 Å². The van der Waals surface area contributed by atoms with Crippen LogP contribution in [0.4, 0.5) is 14.5 Å². The number of halogens is 2. The molecule has 112 valence electrons. The molecule has 0 bridgehead atoms. The summed E-state index contributed by atoms with van der Waals surface area (Å²) in [5, 5.41) is 2.88. The van der Waals surface area contributed by atoms with Gasteiger partial charge in [-0.2, -0.15) is 0 Å². The van der Waals surface area contributed by atoms with Gasteiger partial charge in [-0.3, -0.25) is 4.79 Å². The molecule has 0 saturated heterocycles. The average Bonchev–Trinajstić information content (AvgIpc) is 2.39. The summed E-state index contributed by atoms with van der Waals surface area (Å²) in [5.41, 5.74) is 4.85. The smallest absolute Gasteiger partial charge is 0.251 e. The van der Waals surface area contributed by atoms with Crippen molar-refractivity contribution >= 4 is 11.6 Å². The standard InChI is InChI=1S/C15H22F2N2O/c1-2-3-4-5-6-7-8-19-14-9-11(15(18)20)12(16)10-13(14)17/h9-10,19H,2-8H2,1H3,(H2,18,20). The second-order valence-electron chi connectivity index (χ2n) is 4.87. The van der Waals surface area contributed by atoms with E-state index in [1.807, 2.05) is 0 Å². The van der Waals surface area contributed by atoms with Gasteiger partial charge in [-0.05, 0) is 12.5 Å². The summed E-state index contributed by atoms with van der Waals surface area (Å²) in [6.45, 7) is 2.75. The van der Waals surface area contributed by atoms with Crippen LogP contribution in [-0.2, 0) is 0 Å². The summed E-state index contributed by atoms with van der Waals surface area (Å²) < 4.78 is 26.8. The lowest BCUT2D eigenvalue weighted by Gasteiger charge is -2.09. The fraction of sp³-hybridized carbons (Fsp3) is 0.533. The van der Waals surface area contributed by atoms with Crippen molar-refractivity contribution in [1.29, 1.82) is 0 Å². The number of carbonyl (C=O) groups excluding carboxylic acids is 1. The first-order valence-corrected chi connectivity index (χ1v) is 7.09. The van der Waals surface area contributed by atoms with Gasteiger partial charge in [0.15, 0.2) is 0 Å². The Bertz CT molecular complexity index is 450. The number of primary amides is 1. The van der Waals surface area contributed by atoms with Crippen molar-refractivity contribution in [3.63, 3.8) is 0 Å². The summed E-state index contributed by atoms with van der Waals surface area (Å²) in [7, 11) is 0. The number of amides is 1. The molecule has 0 aliphatic rings. The third-order valence-corrected chi connectivity index (χ3v) is 3.17. The fourth-order valence-corrected chi connectivity index (χ4v) is 2.00. The largest absolute Gasteiger partial charge is 0.383 e. The van der Waals surface area contributed by atoms with Gasteiger partial charge in [0.05, 0.1) is 11.3 Å². The minimum atomic E-state index is -0.930. The van der Waals surface area contributed by atoms with Gasteiger partial charge in [0, 0.05) is 12.6 Å². The minimum absolute atomic E-state index is 0.119. The van der Waals surface area contributed by atoms with Crippen molar-refractivity contribution in [2.24, 2.45) is 5.73 Å². The van der Waals surface area contributed by atoms with E-state index in [1.54, 1.807) is 0 Å². The Labute approximate surface area is 118 Å². The molecular formula is C15H22F2N2O. The van der Waals surface area contributed by atoms with Crippen molar-refractivity contribution in [3.05, 3.63) is 29.3 Å². The average molecular weight is 284 g/mol. The molecule has 20 heavy (non-hydrogen) atoms. The maximum atomic E-state index is 13.5. The topological polar surface area (TPSA) is 55.1 Å². The van der Waals surface area contributed by atoms with Crippen LogP contribution < -0.4 is 11.1 Å². The molecule has 1 aromatic rings. The third-order valence-electron chi connectivity index (χ3n) is 3.17. The van der Waals surface area contributed by atoms with Crippen molar-refractivity contribution < 1.29 is 13.6 Å². The van der Waals surface area contributed by atoms with Gasteiger partial charge in [-0.1, -0.05) is 39.0 Å². The van der Waals surface area contributed by atoms with Crippen LogP contribution in [0.2, 0.25) is 0 Å². The molecule has 5 heteroatoms. The molecule has 1 rings (SSSR count). The van der Waals surface area contributed by atoms with Gasteiger partial charge < -0.3 is 11.1 Å². The number of rotatable bonds is 9. The molecule has 0 aliphatic carbocycles. The van der Waals surface area contributed by atoms with E-state index in [0.29, 0.717) is 12.6 Å². The van der Waals surface area contributed by atoms with E-state index in [2.05, 4.69) is 12.2 Å². The summed E-state index contributed by atoms with van der Waals surface area (Å²) in [6.07, 6.45) is 6.79. The molecule has 1 amide bonds. The van der Waals surface area contributed by atoms with Gasteiger partial charge in [0.2, 0.25) is 0 Å². The Morgan fingerprint density at radius 2 is 1.75 bits per heavy atom. The Morgan fingerprint density at radius 3 is 2.40 bits per heavy atom. The fourth-order valence-electron chi connectivity index (χ4n) is 2.00. The molecule has 0 fully saturated rings. The lowest BCUT2D eigenvalue weighted by molar-refractivity contribution is 0.0996. The first-order chi connectivity index (χ1) is 9.56. The number of nitrogens with two attached hydrogens (primary N) is 1. The highest BCUT2D eigenvalue weighted by molar-refractivity contribution is 5.94. The highest BCUT2D eigenvalue weighted by Crippen LogP contribution is 2.19. The number of nitrogens with one attached hydrogen (secondary N) is 1. The Hall–Kier alpha value is -1.65. The molecule has 0 spiro atoms. The third kappa shape index (κ3) is 5.15. The molecule has 0 heterocycles. The van der Waals surface area contributed by atoms with E-state index >= 15 is 0 Å². The Morgan fingerprint density at radius 1 is 1.10 bits per heavy atom. The van der Waals surface area contributed by atoms with Gasteiger partial charge in [0.25, 0.3) is 5.91 Å². The van der Waals surface area contributed by atoms with E-state index in [-0.39, 0.29) is 11.3 Å². The molecule has 3 nitrogen and oxygen atoms in total. The van der Waals surface area contributed by atoms with Crippen LogP contribution in [0.1, 0.15) is 55.8 Å². The lowest BCUT2D eigenvalue weighted by Crippen LogP contribution is -2.14. The van der Waals surface area contributed by atoms with Crippen LogP contribution in [0.25, 0.3) is 0 Å². The van der Waals surface area contributed by atoms with Crippen molar-refractivity contribution in [1.82, 2.24) is 0 Å². The molecule has 0 radical (unpaired) electrons. The molecule has 0 unspecified atom stereocenters. The van der Waals surface area contributed by atoms with Gasteiger partial charge >= 0.3 is 0 Å². The zero-order valence-electron chi connectivity index (χ0n) is 11.8. The van der Waals surface area contributed by atoms with Crippen molar-refractivity contribution in [3.8, 4) is 0 Å². The number of hydrogen-bond donors (Lipinski definition) is 2. The predicted octanol–water partition coefficient (Wildman–Crippen LogP) is 3.84. The first-order valence-electron chi connectivity index (χ1n) is 7.09. The summed E-state index contributed by atoms with van der Waals surface area (Å²) in [4.78, 5) is 11.0. The maximum absolute atomic E-state index is 13.5. The van der Waals surface area contributed by atoms with Gasteiger partial charge in [-0.15, -0.1) is 0 Å². The van der Waals surface area contributed by atoms with Gasteiger partial charge in [-0.25, -0.2) is 8.78 Å². The van der Waals surface area contributed by atoms with Crippen LogP contribution in [0.3, 0.4) is 0 Å². The number of carbonyl (C=O) groups is 1. The Balaban J connectivity index is 2.44. The first kappa shape index (κ1) is 16.4. The van der Waals surface area contributed by atoms with E-state index in [4.69, 9.17) is 5.73 Å². The predicted molar refractivity (Wildman–Crippen MR) is 76.7 cm³/mol. The van der Waals surface area contributed by atoms with E-state index in [0.717, 1.165) is 25.3 Å². The van der Waals surface area contributed by atoms with E-state index in [9.17, 15) is 13.6 Å². The van der Waals surface area contributed by atoms with Crippen LogP contribution in [0.5, 0.6) is 0 Å².